The predicted molar refractivity (Wildman–Crippen MR) is 99.3 cm³/mol. The van der Waals surface area contributed by atoms with Gasteiger partial charge in [0, 0.05) is 31.1 Å². The highest BCUT2D eigenvalue weighted by Crippen LogP contribution is 2.20. The lowest BCUT2D eigenvalue weighted by molar-refractivity contribution is -0.125. The lowest BCUT2D eigenvalue weighted by Crippen LogP contribution is -2.46. The molecule has 1 aliphatic rings. The molecule has 1 saturated heterocycles. The normalized spacial score (nSPS) is 18.9. The molecule has 1 atom stereocenters. The van der Waals surface area contributed by atoms with Gasteiger partial charge in [-0.3, -0.25) is 4.79 Å². The van der Waals surface area contributed by atoms with Crippen LogP contribution in [-0.4, -0.2) is 49.8 Å². The van der Waals surface area contributed by atoms with Crippen LogP contribution >= 0.6 is 11.8 Å². The van der Waals surface area contributed by atoms with E-state index in [4.69, 9.17) is 0 Å². The van der Waals surface area contributed by atoms with E-state index in [0.717, 1.165) is 0 Å². The van der Waals surface area contributed by atoms with Crippen LogP contribution < -0.4 is 5.32 Å². The van der Waals surface area contributed by atoms with Crippen LogP contribution in [0.15, 0.2) is 24.3 Å². The van der Waals surface area contributed by atoms with Gasteiger partial charge in [-0.05, 0) is 31.4 Å². The fourth-order valence-corrected chi connectivity index (χ4v) is 4.80. The van der Waals surface area contributed by atoms with Crippen molar-refractivity contribution >= 4 is 27.7 Å². The highest BCUT2D eigenvalue weighted by Gasteiger charge is 2.31. The number of rotatable bonds is 8. The van der Waals surface area contributed by atoms with Crippen molar-refractivity contribution in [3.05, 3.63) is 35.6 Å². The van der Waals surface area contributed by atoms with Gasteiger partial charge in [0.15, 0.2) is 0 Å². The average molecular weight is 389 g/mol. The summed E-state index contributed by atoms with van der Waals surface area (Å²) in [6.07, 6.45) is 1.42. The highest BCUT2D eigenvalue weighted by molar-refractivity contribution is 7.98. The number of amides is 1. The molecule has 0 aromatic heterocycles. The van der Waals surface area contributed by atoms with Gasteiger partial charge in [-0.15, -0.1) is 0 Å². The van der Waals surface area contributed by atoms with Crippen LogP contribution in [-0.2, 0) is 20.6 Å². The fourth-order valence-electron chi connectivity index (χ4n) is 2.78. The molecule has 0 spiro atoms. The zero-order valence-electron chi connectivity index (χ0n) is 14.4. The summed E-state index contributed by atoms with van der Waals surface area (Å²) in [5.74, 6) is 0.722. The van der Waals surface area contributed by atoms with Crippen molar-refractivity contribution in [1.29, 1.82) is 0 Å². The molecule has 1 aliphatic heterocycles. The second-order valence-electron chi connectivity index (χ2n) is 6.03. The quantitative estimate of drug-likeness (QED) is 0.694. The van der Waals surface area contributed by atoms with Crippen LogP contribution in [0.3, 0.4) is 0 Å². The number of thioether (sulfide) groups is 1. The van der Waals surface area contributed by atoms with Crippen LogP contribution in [0.4, 0.5) is 4.39 Å². The van der Waals surface area contributed by atoms with Gasteiger partial charge in [-0.25, -0.2) is 17.1 Å². The molecular formula is C17H25FN2O3S2. The van der Waals surface area contributed by atoms with Crippen molar-refractivity contribution < 1.29 is 17.6 Å². The van der Waals surface area contributed by atoms with Crippen LogP contribution in [0.25, 0.3) is 0 Å². The third-order valence-corrected chi connectivity index (χ3v) is 7.13. The molecule has 25 heavy (non-hydrogen) atoms. The van der Waals surface area contributed by atoms with E-state index in [1.807, 2.05) is 0 Å². The van der Waals surface area contributed by atoms with Gasteiger partial charge in [0.25, 0.3) is 0 Å². The Bertz CT molecular complexity index is 682. The Labute approximate surface area is 153 Å². The minimum absolute atomic E-state index is 0.0635. The highest BCUT2D eigenvalue weighted by atomic mass is 32.2. The van der Waals surface area contributed by atoms with Crippen molar-refractivity contribution in [2.75, 3.05) is 31.1 Å². The molecule has 1 heterocycles. The van der Waals surface area contributed by atoms with Gasteiger partial charge in [0.2, 0.25) is 15.9 Å². The third kappa shape index (κ3) is 5.97. The Morgan fingerprint density at radius 3 is 2.88 bits per heavy atom. The number of halogens is 1. The lowest BCUT2D eigenvalue weighted by atomic mass is 9.99. The molecule has 1 amide bonds. The molecule has 0 bridgehead atoms. The summed E-state index contributed by atoms with van der Waals surface area (Å²) in [5.41, 5.74) is 0.659. The summed E-state index contributed by atoms with van der Waals surface area (Å²) in [6, 6.07) is 6.67. The van der Waals surface area contributed by atoms with Crippen LogP contribution in [0.1, 0.15) is 25.3 Å². The molecule has 1 aromatic carbocycles. The molecule has 0 saturated carbocycles. The van der Waals surface area contributed by atoms with E-state index in [1.54, 1.807) is 36.9 Å². The first-order valence-electron chi connectivity index (χ1n) is 8.50. The van der Waals surface area contributed by atoms with E-state index in [9.17, 15) is 17.6 Å². The number of sulfonamides is 1. The van der Waals surface area contributed by atoms with Gasteiger partial charge in [-0.2, -0.15) is 11.8 Å². The van der Waals surface area contributed by atoms with Crippen molar-refractivity contribution in [2.24, 2.45) is 5.92 Å². The Morgan fingerprint density at radius 2 is 2.16 bits per heavy atom. The number of hydrogen-bond acceptors (Lipinski definition) is 4. The fraction of sp³-hybridized carbons (Fsp3) is 0.588. The molecule has 140 valence electrons. The predicted octanol–water partition coefficient (Wildman–Crippen LogP) is 2.24. The number of carbonyl (C=O) groups excluding carboxylic acids is 1. The SMILES string of the molecule is CCS(=O)(=O)N1CCC[C@@H](C(=O)NCCSCc2ccccc2F)C1. The van der Waals surface area contributed by atoms with Crippen molar-refractivity contribution in [3.8, 4) is 0 Å². The molecule has 0 radical (unpaired) electrons. The number of benzene rings is 1. The van der Waals surface area contributed by atoms with Gasteiger partial charge in [0.1, 0.15) is 5.82 Å². The Morgan fingerprint density at radius 1 is 1.40 bits per heavy atom. The zero-order valence-corrected chi connectivity index (χ0v) is 16.0. The maximum Gasteiger partial charge on any atom is 0.224 e. The number of carbonyl (C=O) groups is 1. The largest absolute Gasteiger partial charge is 0.355 e. The summed E-state index contributed by atoms with van der Waals surface area (Å²) in [5, 5.41) is 2.87. The molecule has 0 aliphatic carbocycles. The minimum Gasteiger partial charge on any atom is -0.355 e. The summed E-state index contributed by atoms with van der Waals surface area (Å²) < 4.78 is 38.8. The summed E-state index contributed by atoms with van der Waals surface area (Å²) in [4.78, 5) is 12.2. The van der Waals surface area contributed by atoms with E-state index < -0.39 is 10.0 Å². The first-order valence-corrected chi connectivity index (χ1v) is 11.3. The summed E-state index contributed by atoms with van der Waals surface area (Å²) in [7, 11) is -3.24. The average Bonchev–Trinajstić information content (AvgIpc) is 2.63. The van der Waals surface area contributed by atoms with Crippen molar-refractivity contribution in [3.63, 3.8) is 0 Å². The van der Waals surface area contributed by atoms with Crippen LogP contribution in [0, 0.1) is 11.7 Å². The smallest absolute Gasteiger partial charge is 0.224 e. The molecule has 2 rings (SSSR count). The first-order chi connectivity index (χ1) is 11.9. The molecule has 1 N–H and O–H groups in total. The number of nitrogens with zero attached hydrogens (tertiary/aromatic N) is 1. The maximum atomic E-state index is 13.5. The molecule has 0 unspecified atom stereocenters. The molecule has 8 heteroatoms. The molecular weight excluding hydrogens is 363 g/mol. The summed E-state index contributed by atoms with van der Waals surface area (Å²) >= 11 is 1.56. The zero-order chi connectivity index (χ0) is 18.3. The van der Waals surface area contributed by atoms with Crippen LogP contribution in [0.2, 0.25) is 0 Å². The van der Waals surface area contributed by atoms with Gasteiger partial charge >= 0.3 is 0 Å². The second-order valence-corrected chi connectivity index (χ2v) is 9.40. The first kappa shape index (κ1) is 20.2. The van der Waals surface area contributed by atoms with E-state index >= 15 is 0 Å². The van der Waals surface area contributed by atoms with E-state index in [1.165, 1.54) is 10.4 Å². The van der Waals surface area contributed by atoms with E-state index in [2.05, 4.69) is 5.32 Å². The topological polar surface area (TPSA) is 66.5 Å². The second kappa shape index (κ2) is 9.54. The Kier molecular flexibility index (Phi) is 7.71. The number of nitrogens with one attached hydrogen (secondary N) is 1. The molecule has 1 fully saturated rings. The number of hydrogen-bond donors (Lipinski definition) is 1. The molecule has 1 aromatic rings. The monoisotopic (exact) mass is 388 g/mol. The maximum absolute atomic E-state index is 13.5. The van der Waals surface area contributed by atoms with Gasteiger partial charge in [0.05, 0.1) is 11.7 Å². The van der Waals surface area contributed by atoms with Crippen molar-refractivity contribution in [2.45, 2.75) is 25.5 Å². The summed E-state index contributed by atoms with van der Waals surface area (Å²) in [6.45, 7) is 2.88. The number of piperidine rings is 1. The minimum atomic E-state index is -3.24. The van der Waals surface area contributed by atoms with Gasteiger partial charge in [-0.1, -0.05) is 18.2 Å². The lowest BCUT2D eigenvalue weighted by Gasteiger charge is -2.30. The Balaban J connectivity index is 1.70. The van der Waals surface area contributed by atoms with E-state index in [-0.39, 0.29) is 29.9 Å². The van der Waals surface area contributed by atoms with E-state index in [0.29, 0.717) is 43.0 Å². The Hall–Kier alpha value is -1.12. The standard InChI is InChI=1S/C17H25FN2O3S2/c1-2-25(22,23)20-10-5-7-14(12-20)17(21)19-9-11-24-13-15-6-3-4-8-16(15)18/h3-4,6,8,14H,2,5,7,9-13H2,1H3,(H,19,21)/t14-/m1/s1. The van der Waals surface area contributed by atoms with Gasteiger partial charge < -0.3 is 5.32 Å². The van der Waals surface area contributed by atoms with Crippen molar-refractivity contribution in [1.82, 2.24) is 9.62 Å². The third-order valence-electron chi connectivity index (χ3n) is 4.27. The van der Waals surface area contributed by atoms with Crippen LogP contribution in [0.5, 0.6) is 0 Å². The molecule has 5 nitrogen and oxygen atoms in total.